The third-order valence-electron chi connectivity index (χ3n) is 3.08. The van der Waals surface area contributed by atoms with E-state index in [-0.39, 0.29) is 30.5 Å². The van der Waals surface area contributed by atoms with Crippen molar-refractivity contribution < 1.29 is 17.6 Å². The molecule has 2 rings (SSSR count). The van der Waals surface area contributed by atoms with Crippen molar-refractivity contribution in [2.45, 2.75) is 31.1 Å². The Hall–Kier alpha value is -1.61. The van der Waals surface area contributed by atoms with Gasteiger partial charge in [-0.15, -0.1) is 0 Å². The zero-order valence-electron chi connectivity index (χ0n) is 9.31. The van der Waals surface area contributed by atoms with Gasteiger partial charge in [-0.05, 0) is 31.0 Å². The van der Waals surface area contributed by atoms with E-state index in [1.165, 1.54) is 12.1 Å². The van der Waals surface area contributed by atoms with Crippen LogP contribution in [0.25, 0.3) is 0 Å². The molecule has 1 fully saturated rings. The highest BCUT2D eigenvalue weighted by Gasteiger charge is 2.62. The highest BCUT2D eigenvalue weighted by molar-refractivity contribution is 5.34. The van der Waals surface area contributed by atoms with Gasteiger partial charge in [0.05, 0.1) is 11.6 Å². The smallest absolute Gasteiger partial charge is 0.299 e. The number of halogens is 4. The van der Waals surface area contributed by atoms with Crippen LogP contribution in [0.15, 0.2) is 18.2 Å². The van der Waals surface area contributed by atoms with Gasteiger partial charge in [0, 0.05) is 12.1 Å². The van der Waals surface area contributed by atoms with E-state index in [4.69, 9.17) is 5.26 Å². The molecule has 2 nitrogen and oxygen atoms in total. The second kappa shape index (κ2) is 4.25. The molecule has 0 heterocycles. The van der Waals surface area contributed by atoms with Gasteiger partial charge in [0.25, 0.3) is 0 Å². The van der Waals surface area contributed by atoms with Crippen LogP contribution in [0, 0.1) is 17.1 Å². The third-order valence-corrected chi connectivity index (χ3v) is 3.08. The third kappa shape index (κ3) is 2.31. The first-order valence-electron chi connectivity index (χ1n) is 5.38. The monoisotopic (exact) mass is 258 g/mol. The Kier molecular flexibility index (Phi) is 3.03. The molecule has 0 atom stereocenters. The summed E-state index contributed by atoms with van der Waals surface area (Å²) in [5.74, 6) is -0.612. The molecular formula is C12H10F4N2. The fraction of sp³-hybridized carbons (Fsp3) is 0.417. The van der Waals surface area contributed by atoms with Crippen LogP contribution in [-0.2, 0) is 6.54 Å². The molecule has 1 aromatic carbocycles. The Balaban J connectivity index is 2.10. The van der Waals surface area contributed by atoms with Gasteiger partial charge in [0.15, 0.2) is 0 Å². The molecule has 0 bridgehead atoms. The molecule has 1 N–H and O–H groups in total. The summed E-state index contributed by atoms with van der Waals surface area (Å²) in [5.41, 5.74) is -1.57. The fourth-order valence-corrected chi connectivity index (χ4v) is 1.73. The summed E-state index contributed by atoms with van der Waals surface area (Å²) in [6.07, 6.45) is -4.30. The molecule has 0 amide bonds. The molecule has 18 heavy (non-hydrogen) atoms. The molecule has 1 aliphatic rings. The quantitative estimate of drug-likeness (QED) is 0.846. The second-order valence-electron chi connectivity index (χ2n) is 4.35. The highest BCUT2D eigenvalue weighted by atomic mass is 19.4. The molecule has 0 saturated heterocycles. The van der Waals surface area contributed by atoms with Crippen molar-refractivity contribution in [3.8, 4) is 6.07 Å². The molecule has 0 spiro atoms. The summed E-state index contributed by atoms with van der Waals surface area (Å²) in [5, 5.41) is 11.0. The number of alkyl halides is 3. The summed E-state index contributed by atoms with van der Waals surface area (Å²) in [6, 6.07) is 5.45. The van der Waals surface area contributed by atoms with E-state index >= 15 is 0 Å². The van der Waals surface area contributed by atoms with E-state index in [0.717, 1.165) is 6.07 Å². The summed E-state index contributed by atoms with van der Waals surface area (Å²) in [6.45, 7) is -0.235. The molecular weight excluding hydrogens is 248 g/mol. The first kappa shape index (κ1) is 12.8. The first-order chi connectivity index (χ1) is 8.38. The van der Waals surface area contributed by atoms with E-state index in [9.17, 15) is 17.6 Å². The fourth-order valence-electron chi connectivity index (χ4n) is 1.73. The summed E-state index contributed by atoms with van der Waals surface area (Å²) in [4.78, 5) is 0. The first-order valence-corrected chi connectivity index (χ1v) is 5.38. The molecule has 0 aromatic heterocycles. The summed E-state index contributed by atoms with van der Waals surface area (Å²) < 4.78 is 51.3. The zero-order chi connectivity index (χ0) is 13.4. The van der Waals surface area contributed by atoms with Crippen LogP contribution >= 0.6 is 0 Å². The van der Waals surface area contributed by atoms with Crippen molar-refractivity contribution in [1.82, 2.24) is 5.32 Å². The SMILES string of the molecule is N#Cc1ccc(F)c(CNC2(C(F)(F)F)CC2)c1. The van der Waals surface area contributed by atoms with Gasteiger partial charge < -0.3 is 0 Å². The molecule has 96 valence electrons. The van der Waals surface area contributed by atoms with E-state index in [2.05, 4.69) is 5.32 Å². The molecule has 6 heteroatoms. The van der Waals surface area contributed by atoms with Gasteiger partial charge >= 0.3 is 6.18 Å². The van der Waals surface area contributed by atoms with Crippen molar-refractivity contribution in [3.63, 3.8) is 0 Å². The lowest BCUT2D eigenvalue weighted by Crippen LogP contribution is -2.44. The molecule has 1 aliphatic carbocycles. The molecule has 0 aliphatic heterocycles. The minimum atomic E-state index is -4.32. The van der Waals surface area contributed by atoms with Gasteiger partial charge in [0.2, 0.25) is 0 Å². The Labute approximate surface area is 101 Å². The molecule has 0 radical (unpaired) electrons. The van der Waals surface area contributed by atoms with Crippen molar-refractivity contribution >= 4 is 0 Å². The van der Waals surface area contributed by atoms with Gasteiger partial charge in [-0.3, -0.25) is 5.32 Å². The number of nitriles is 1. The van der Waals surface area contributed by atoms with E-state index in [0.29, 0.717) is 0 Å². The van der Waals surface area contributed by atoms with Crippen molar-refractivity contribution in [2.24, 2.45) is 0 Å². The van der Waals surface area contributed by atoms with Crippen LogP contribution in [0.3, 0.4) is 0 Å². The predicted molar refractivity (Wildman–Crippen MR) is 56.0 cm³/mol. The largest absolute Gasteiger partial charge is 0.406 e. The Morgan fingerprint density at radius 2 is 2.00 bits per heavy atom. The maximum Gasteiger partial charge on any atom is 0.406 e. The number of benzene rings is 1. The van der Waals surface area contributed by atoms with Crippen LogP contribution in [-0.4, -0.2) is 11.7 Å². The standard InChI is InChI=1S/C12H10F4N2/c13-10-2-1-8(6-17)5-9(10)7-18-11(3-4-11)12(14,15)16/h1-2,5,18H,3-4,7H2. The van der Waals surface area contributed by atoms with Crippen molar-refractivity contribution in [1.29, 1.82) is 5.26 Å². The van der Waals surface area contributed by atoms with E-state index in [1.807, 2.05) is 6.07 Å². The van der Waals surface area contributed by atoms with E-state index in [1.54, 1.807) is 0 Å². The topological polar surface area (TPSA) is 35.8 Å². The van der Waals surface area contributed by atoms with Gasteiger partial charge in [-0.25, -0.2) is 4.39 Å². The lowest BCUT2D eigenvalue weighted by molar-refractivity contribution is -0.166. The molecule has 1 saturated carbocycles. The highest BCUT2D eigenvalue weighted by Crippen LogP contribution is 2.49. The van der Waals surface area contributed by atoms with Crippen LogP contribution in [0.4, 0.5) is 17.6 Å². The number of rotatable bonds is 3. The van der Waals surface area contributed by atoms with Crippen LogP contribution < -0.4 is 5.32 Å². The predicted octanol–water partition coefficient (Wildman–Crippen LogP) is 2.88. The number of nitrogens with zero attached hydrogens (tertiary/aromatic N) is 1. The average molecular weight is 258 g/mol. The van der Waals surface area contributed by atoms with Crippen LogP contribution in [0.1, 0.15) is 24.0 Å². The van der Waals surface area contributed by atoms with Crippen molar-refractivity contribution in [3.05, 3.63) is 35.1 Å². The summed E-state index contributed by atoms with van der Waals surface area (Å²) >= 11 is 0. The molecule has 1 aromatic rings. The second-order valence-corrected chi connectivity index (χ2v) is 4.35. The lowest BCUT2D eigenvalue weighted by Gasteiger charge is -2.20. The number of hydrogen-bond acceptors (Lipinski definition) is 2. The summed E-state index contributed by atoms with van der Waals surface area (Å²) in [7, 11) is 0. The Morgan fingerprint density at radius 3 is 2.50 bits per heavy atom. The number of hydrogen-bond donors (Lipinski definition) is 1. The Bertz CT molecular complexity index is 498. The average Bonchev–Trinajstić information content (AvgIpc) is 3.08. The minimum absolute atomic E-state index is 0.00998. The maximum atomic E-state index is 13.4. The van der Waals surface area contributed by atoms with Crippen LogP contribution in [0.5, 0.6) is 0 Å². The van der Waals surface area contributed by atoms with Crippen molar-refractivity contribution in [2.75, 3.05) is 0 Å². The van der Waals surface area contributed by atoms with Gasteiger partial charge in [-0.2, -0.15) is 18.4 Å². The normalized spacial score (nSPS) is 17.3. The zero-order valence-corrected chi connectivity index (χ0v) is 9.31. The lowest BCUT2D eigenvalue weighted by atomic mass is 10.1. The Morgan fingerprint density at radius 1 is 1.33 bits per heavy atom. The number of nitrogens with one attached hydrogen (secondary N) is 1. The van der Waals surface area contributed by atoms with Crippen LogP contribution in [0.2, 0.25) is 0 Å². The molecule has 0 unspecified atom stereocenters. The van der Waals surface area contributed by atoms with Gasteiger partial charge in [-0.1, -0.05) is 0 Å². The minimum Gasteiger partial charge on any atom is -0.299 e. The van der Waals surface area contributed by atoms with Gasteiger partial charge in [0.1, 0.15) is 11.4 Å². The van der Waals surface area contributed by atoms with E-state index < -0.39 is 17.5 Å². The maximum absolute atomic E-state index is 13.4.